The Morgan fingerprint density at radius 1 is 0.282 bits per heavy atom. The molecule has 0 aliphatic heterocycles. The topological polar surface area (TPSA) is 199 Å². The van der Waals surface area contributed by atoms with Crippen molar-refractivity contribution in [1.29, 1.82) is 0 Å². The van der Waals surface area contributed by atoms with Crippen molar-refractivity contribution in [3.05, 3.63) is 283 Å². The molecule has 3 radical (unpaired) electrons. The molecule has 0 fully saturated rings. The average molecular weight is 2200 g/mol. The smallest absolute Gasteiger partial charge is 0.0878 e. The van der Waals surface area contributed by atoms with Gasteiger partial charge in [-0.15, -0.1) is 105 Å². The SMILES string of the molecule is CC(C)(C)C(O)CC(O)C(C)(C)C.CC(C)C(O)CC(O)C(C)C.CC(O)CC(C)O.Cc1[c-]c(-c2ncc(-c3c(C)cccc3C)nc2-c2cc(C)cc(C)c2)cc(C)c1.Cc1[c-]c(-c2ncc(-c3c(C)cccc3C)nc2-c2cc(C)cc(C)c2)cc(C)c1.Cc1[c-]c(-c2ncc(-c3cc(C)cc(C)c3)nc2-c2cc(C)cc(C)c2)cc(C)c1.[Ir].[Ir].[Ir]. The van der Waals surface area contributed by atoms with Gasteiger partial charge in [-0.05, 0) is 184 Å². The van der Waals surface area contributed by atoms with Crippen molar-refractivity contribution in [2.75, 3.05) is 0 Å². The third-order valence-electron chi connectivity index (χ3n) is 21.2. The Morgan fingerprint density at radius 3 is 0.742 bits per heavy atom. The van der Waals surface area contributed by atoms with Crippen LogP contribution in [0.5, 0.6) is 0 Å². The normalized spacial score (nSPS) is 12.5. The summed E-state index contributed by atoms with van der Waals surface area (Å²) in [5.41, 5.74) is 39.0. The van der Waals surface area contributed by atoms with Crippen molar-refractivity contribution < 1.29 is 91.0 Å². The molecule has 12 aromatic rings. The summed E-state index contributed by atoms with van der Waals surface area (Å²) in [4.78, 5) is 30.2. The Balaban J connectivity index is 0.000000330. The summed E-state index contributed by atoms with van der Waals surface area (Å²) >= 11 is 0. The molecule has 12 nitrogen and oxygen atoms in total. The molecule has 124 heavy (non-hydrogen) atoms. The van der Waals surface area contributed by atoms with Gasteiger partial charge < -0.3 is 45.6 Å². The zero-order valence-electron chi connectivity index (χ0n) is 79.2. The van der Waals surface area contributed by atoms with E-state index in [-0.39, 0.29) is 107 Å². The number of hydrogen-bond acceptors (Lipinski definition) is 12. The zero-order valence-corrected chi connectivity index (χ0v) is 86.4. The van der Waals surface area contributed by atoms with E-state index in [1.54, 1.807) is 13.8 Å². The second-order valence-corrected chi connectivity index (χ2v) is 37.0. The van der Waals surface area contributed by atoms with E-state index in [0.29, 0.717) is 19.3 Å². The zero-order chi connectivity index (χ0) is 90.0. The number of aryl methyl sites for hydroxylation is 18. The van der Waals surface area contributed by atoms with Crippen LogP contribution in [0.4, 0.5) is 0 Å². The second-order valence-electron chi connectivity index (χ2n) is 37.0. The molecule has 0 amide bonds. The molecular formula is C109H137Ir3N6O6-3. The first-order valence-corrected chi connectivity index (χ1v) is 42.7. The summed E-state index contributed by atoms with van der Waals surface area (Å²) < 4.78 is 0. The fourth-order valence-corrected chi connectivity index (χ4v) is 14.9. The van der Waals surface area contributed by atoms with E-state index in [9.17, 15) is 20.4 Å². The third-order valence-corrected chi connectivity index (χ3v) is 21.2. The Labute approximate surface area is 784 Å². The number of nitrogens with zero attached hydrogens (tertiary/aromatic N) is 6. The predicted octanol–water partition coefficient (Wildman–Crippen LogP) is 25.1. The fraction of sp³-hybridized carbons (Fsp3) is 0.394. The van der Waals surface area contributed by atoms with Crippen LogP contribution in [0.3, 0.4) is 0 Å². The molecule has 0 saturated heterocycles. The Kier molecular flexibility index (Phi) is 42.6. The molecule has 6 unspecified atom stereocenters. The summed E-state index contributed by atoms with van der Waals surface area (Å²) in [7, 11) is 0. The van der Waals surface area contributed by atoms with Crippen molar-refractivity contribution in [3.63, 3.8) is 0 Å². The Bertz CT molecular complexity index is 5070. The van der Waals surface area contributed by atoms with E-state index in [4.69, 9.17) is 40.1 Å². The van der Waals surface area contributed by atoms with E-state index in [0.717, 1.165) is 118 Å². The van der Waals surface area contributed by atoms with Gasteiger partial charge in [0.25, 0.3) is 0 Å². The van der Waals surface area contributed by atoms with Crippen LogP contribution in [-0.2, 0) is 60.3 Å². The summed E-state index contributed by atoms with van der Waals surface area (Å²) in [6, 6.07) is 62.2. The Morgan fingerprint density at radius 2 is 0.516 bits per heavy atom. The van der Waals surface area contributed by atoms with E-state index in [1.165, 1.54) is 83.5 Å². The van der Waals surface area contributed by atoms with Gasteiger partial charge in [0.15, 0.2) is 0 Å². The average Bonchev–Trinajstić information content (AvgIpc) is 0.788. The minimum atomic E-state index is -0.443. The van der Waals surface area contributed by atoms with Crippen LogP contribution in [0.1, 0.15) is 202 Å². The number of aromatic nitrogens is 6. The maximum atomic E-state index is 9.76. The van der Waals surface area contributed by atoms with Gasteiger partial charge in [-0.1, -0.05) is 252 Å². The van der Waals surface area contributed by atoms with Gasteiger partial charge in [0.2, 0.25) is 0 Å². The first-order chi connectivity index (χ1) is 56.5. The first kappa shape index (κ1) is 108. The summed E-state index contributed by atoms with van der Waals surface area (Å²) in [5.74, 6) is 0.479. The quantitative estimate of drug-likeness (QED) is 0.0472. The molecule has 15 heteroatoms. The van der Waals surface area contributed by atoms with Crippen molar-refractivity contribution >= 4 is 0 Å². The summed E-state index contributed by atoms with van der Waals surface area (Å²) in [5, 5.41) is 55.4. The van der Waals surface area contributed by atoms with E-state index < -0.39 is 12.2 Å². The van der Waals surface area contributed by atoms with Crippen molar-refractivity contribution in [2.24, 2.45) is 22.7 Å². The molecule has 0 aliphatic carbocycles. The molecule has 0 spiro atoms. The number of benzene rings is 9. The molecule has 0 saturated carbocycles. The van der Waals surface area contributed by atoms with Gasteiger partial charge in [0, 0.05) is 119 Å². The maximum Gasteiger partial charge on any atom is 0.0878 e. The van der Waals surface area contributed by atoms with Crippen molar-refractivity contribution in [1.82, 2.24) is 29.9 Å². The van der Waals surface area contributed by atoms with Crippen LogP contribution >= 0.6 is 0 Å². The molecule has 9 aromatic carbocycles. The summed E-state index contributed by atoms with van der Waals surface area (Å²) in [6.45, 7) is 61.1. The molecule has 6 N–H and O–H groups in total. The van der Waals surface area contributed by atoms with Crippen molar-refractivity contribution in [3.8, 4) is 101 Å². The minimum absolute atomic E-state index is 0. The maximum absolute atomic E-state index is 9.76. The van der Waals surface area contributed by atoms with Gasteiger partial charge in [-0.25, -0.2) is 0 Å². The number of aliphatic hydroxyl groups is 6. The van der Waals surface area contributed by atoms with Crippen LogP contribution in [0, 0.1) is 165 Å². The molecule has 3 aromatic heterocycles. The Hall–Kier alpha value is -8.07. The van der Waals surface area contributed by atoms with Crippen LogP contribution in [0.2, 0.25) is 0 Å². The van der Waals surface area contributed by atoms with Gasteiger partial charge in [-0.3, -0.25) is 15.0 Å². The fourth-order valence-electron chi connectivity index (χ4n) is 14.9. The molecule has 6 atom stereocenters. The molecule has 0 bridgehead atoms. The van der Waals surface area contributed by atoms with E-state index in [2.05, 4.69) is 288 Å². The van der Waals surface area contributed by atoms with Crippen LogP contribution < -0.4 is 0 Å². The van der Waals surface area contributed by atoms with Gasteiger partial charge in [-0.2, -0.15) is 0 Å². The number of rotatable bonds is 17. The third kappa shape index (κ3) is 32.7. The van der Waals surface area contributed by atoms with Gasteiger partial charge in [0.1, 0.15) is 0 Å². The summed E-state index contributed by atoms with van der Waals surface area (Å²) in [6.07, 6.45) is 4.75. The molecule has 3 heterocycles. The largest absolute Gasteiger partial charge is 0.393 e. The minimum Gasteiger partial charge on any atom is -0.393 e. The monoisotopic (exact) mass is 2200 g/mol. The van der Waals surface area contributed by atoms with Gasteiger partial charge in [0.05, 0.1) is 70.8 Å². The van der Waals surface area contributed by atoms with Crippen LogP contribution in [0.15, 0.2) is 164 Å². The predicted molar refractivity (Wildman–Crippen MR) is 507 cm³/mol. The number of aliphatic hydroxyl groups excluding tert-OH is 6. The first-order valence-electron chi connectivity index (χ1n) is 42.7. The van der Waals surface area contributed by atoms with Crippen molar-refractivity contribution in [2.45, 2.75) is 264 Å². The molecule has 669 valence electrons. The van der Waals surface area contributed by atoms with E-state index in [1.807, 2.05) is 87.8 Å². The second kappa shape index (κ2) is 48.7. The van der Waals surface area contributed by atoms with E-state index >= 15 is 0 Å². The molecular weight excluding hydrogens is 2070 g/mol. The standard InChI is InChI=1S/3C28H27N2.C11H24O2.C9H20O2.C5H12O2.3Ir/c1-17-7-18(2)11-23(10-17)26-16-29-27(24-12-19(3)8-20(4)13-24)28(30-26)25-14-21(5)9-22(6)15-25;2*1-17-10-18(2)13-23(12-17)27-28(24-14-19(3)11-20(4)15-24)30-25(16-29-27)26-21(5)8-7-9-22(26)6;1-10(2,3)8(12)7-9(13)11(4,5)6;1-6(2)8(10)5-9(11)7(3)4;1-4(6)3-5(2)7;;;/h3*7-12,14-16H,1-6H3;8-9,12-13H,7H2,1-6H3;6-11H,5H2,1-4H3;4-7H,3H2,1-2H3;;;/q3*-1;;;;;;. The van der Waals surface area contributed by atoms with Gasteiger partial charge >= 0.3 is 0 Å². The molecule has 12 rings (SSSR count). The molecule has 0 aliphatic rings. The number of hydrogen-bond donors (Lipinski definition) is 6. The van der Waals surface area contributed by atoms with Crippen LogP contribution in [-0.4, -0.2) is 97.2 Å². The van der Waals surface area contributed by atoms with Crippen LogP contribution in [0.25, 0.3) is 101 Å².